The number of hydrogen-bond acceptors (Lipinski definition) is 2. The predicted octanol–water partition coefficient (Wildman–Crippen LogP) is 0.359. The van der Waals surface area contributed by atoms with E-state index in [9.17, 15) is 4.79 Å². The number of amides is 1. The van der Waals surface area contributed by atoms with E-state index < -0.39 is 0 Å². The first-order chi connectivity index (χ1) is 5.77. The highest BCUT2D eigenvalue weighted by atomic mass is 16.1. The van der Waals surface area contributed by atoms with Gasteiger partial charge in [-0.1, -0.05) is 6.42 Å². The average Bonchev–Trinajstić information content (AvgIpc) is 2.17. The summed E-state index contributed by atoms with van der Waals surface area (Å²) < 4.78 is 0. The molecule has 2 aliphatic rings. The van der Waals surface area contributed by atoms with Crippen LogP contribution in [0.4, 0.5) is 0 Å². The molecule has 0 radical (unpaired) electrons. The van der Waals surface area contributed by atoms with E-state index in [1.165, 1.54) is 19.3 Å². The molecule has 0 aromatic rings. The van der Waals surface area contributed by atoms with Gasteiger partial charge in [-0.3, -0.25) is 9.69 Å². The molecule has 12 heavy (non-hydrogen) atoms. The van der Waals surface area contributed by atoms with E-state index in [4.69, 9.17) is 0 Å². The number of likely N-dealkylation sites (N-methyl/N-ethyl adjacent to an activating group) is 1. The van der Waals surface area contributed by atoms with Crippen molar-refractivity contribution >= 4 is 5.91 Å². The molecule has 0 aromatic carbocycles. The maximum absolute atomic E-state index is 11.2. The molecule has 0 saturated carbocycles. The van der Waals surface area contributed by atoms with Crippen molar-refractivity contribution in [2.24, 2.45) is 0 Å². The summed E-state index contributed by atoms with van der Waals surface area (Å²) in [7, 11) is 2.15. The summed E-state index contributed by atoms with van der Waals surface area (Å²) in [4.78, 5) is 13.6. The Morgan fingerprint density at radius 3 is 3.00 bits per heavy atom. The van der Waals surface area contributed by atoms with Crippen molar-refractivity contribution in [3.63, 3.8) is 0 Å². The fraction of sp³-hybridized carbons (Fsp3) is 0.889. The summed E-state index contributed by atoms with van der Waals surface area (Å²) in [6, 6.07) is 1.10. The first-order valence-corrected chi connectivity index (χ1v) is 4.76. The summed E-state index contributed by atoms with van der Waals surface area (Å²) in [5.41, 5.74) is 0. The summed E-state index contributed by atoms with van der Waals surface area (Å²) in [5.74, 6) is 0.233. The number of hydrogen-bond donors (Lipinski definition) is 1. The molecule has 2 fully saturated rings. The van der Waals surface area contributed by atoms with Crippen LogP contribution in [0.2, 0.25) is 0 Å². The van der Waals surface area contributed by atoms with Gasteiger partial charge in [0.05, 0.1) is 0 Å². The van der Waals surface area contributed by atoms with Gasteiger partial charge in [-0.2, -0.15) is 0 Å². The third kappa shape index (κ3) is 1.33. The Balaban J connectivity index is 2.13. The van der Waals surface area contributed by atoms with Crippen LogP contribution >= 0.6 is 0 Å². The van der Waals surface area contributed by atoms with Gasteiger partial charge in [-0.25, -0.2) is 0 Å². The molecule has 2 rings (SSSR count). The molecule has 0 unspecified atom stereocenters. The Hall–Kier alpha value is -0.570. The van der Waals surface area contributed by atoms with Crippen LogP contribution in [-0.4, -0.2) is 36.5 Å². The molecule has 3 heteroatoms. The Kier molecular flexibility index (Phi) is 2.05. The Bertz CT molecular complexity index is 193. The second-order valence-electron chi connectivity index (χ2n) is 3.91. The zero-order valence-corrected chi connectivity index (χ0v) is 7.55. The lowest BCUT2D eigenvalue weighted by molar-refractivity contribution is -0.121. The first-order valence-electron chi connectivity index (χ1n) is 4.76. The van der Waals surface area contributed by atoms with Crippen molar-refractivity contribution in [2.75, 3.05) is 13.6 Å². The van der Waals surface area contributed by atoms with Crippen molar-refractivity contribution in [3.05, 3.63) is 0 Å². The second kappa shape index (κ2) is 3.05. The fourth-order valence-electron chi connectivity index (χ4n) is 2.30. The molecule has 1 amide bonds. The molecular formula is C9H16N2O. The lowest BCUT2D eigenvalue weighted by Gasteiger charge is -2.36. The number of carbonyl (C=O) groups is 1. The van der Waals surface area contributed by atoms with Gasteiger partial charge < -0.3 is 5.32 Å². The van der Waals surface area contributed by atoms with Crippen molar-refractivity contribution in [1.82, 2.24) is 10.2 Å². The van der Waals surface area contributed by atoms with Crippen molar-refractivity contribution in [2.45, 2.75) is 37.8 Å². The maximum Gasteiger partial charge on any atom is 0.221 e. The summed E-state index contributed by atoms with van der Waals surface area (Å²) in [6.07, 6.45) is 4.43. The smallest absolute Gasteiger partial charge is 0.221 e. The summed E-state index contributed by atoms with van der Waals surface area (Å²) >= 11 is 0. The van der Waals surface area contributed by atoms with Gasteiger partial charge in [-0.15, -0.1) is 0 Å². The van der Waals surface area contributed by atoms with Gasteiger partial charge >= 0.3 is 0 Å². The normalized spacial score (nSPS) is 37.2. The van der Waals surface area contributed by atoms with Crippen LogP contribution in [0.3, 0.4) is 0 Å². The van der Waals surface area contributed by atoms with E-state index in [0.717, 1.165) is 6.54 Å². The highest BCUT2D eigenvalue weighted by Gasteiger charge is 2.31. The molecule has 0 aromatic heterocycles. The third-order valence-corrected chi connectivity index (χ3v) is 3.18. The lowest BCUT2D eigenvalue weighted by Crippen LogP contribution is -2.44. The second-order valence-corrected chi connectivity index (χ2v) is 3.91. The van der Waals surface area contributed by atoms with Crippen LogP contribution in [0.5, 0.6) is 0 Å². The van der Waals surface area contributed by atoms with E-state index >= 15 is 0 Å². The Labute approximate surface area is 73.1 Å². The van der Waals surface area contributed by atoms with Crippen LogP contribution in [0.25, 0.3) is 0 Å². The molecule has 2 heterocycles. The lowest BCUT2D eigenvalue weighted by atomic mass is 9.96. The number of nitrogens with one attached hydrogen (secondary N) is 1. The molecule has 2 aliphatic heterocycles. The average molecular weight is 168 g/mol. The highest BCUT2D eigenvalue weighted by molar-refractivity contribution is 5.76. The molecule has 0 spiro atoms. The number of fused-ring (bicyclic) bond motifs is 2. The largest absolute Gasteiger partial charge is 0.354 e. The molecule has 2 bridgehead atoms. The van der Waals surface area contributed by atoms with E-state index in [0.29, 0.717) is 18.5 Å². The first kappa shape index (κ1) is 8.05. The monoisotopic (exact) mass is 168 g/mol. The van der Waals surface area contributed by atoms with Crippen molar-refractivity contribution in [1.29, 1.82) is 0 Å². The van der Waals surface area contributed by atoms with Crippen LogP contribution in [0, 0.1) is 0 Å². The van der Waals surface area contributed by atoms with E-state index in [1.54, 1.807) is 0 Å². The number of nitrogens with zero attached hydrogens (tertiary/aromatic N) is 1. The Morgan fingerprint density at radius 2 is 2.17 bits per heavy atom. The molecular weight excluding hydrogens is 152 g/mol. The topological polar surface area (TPSA) is 32.3 Å². The number of piperidine rings is 1. The molecule has 0 aliphatic carbocycles. The van der Waals surface area contributed by atoms with Gasteiger partial charge in [0.1, 0.15) is 0 Å². The molecule has 68 valence electrons. The van der Waals surface area contributed by atoms with Crippen LogP contribution in [0.1, 0.15) is 25.7 Å². The van der Waals surface area contributed by atoms with Crippen LogP contribution in [-0.2, 0) is 4.79 Å². The molecule has 1 N–H and O–H groups in total. The van der Waals surface area contributed by atoms with E-state index in [-0.39, 0.29) is 5.91 Å². The summed E-state index contributed by atoms with van der Waals surface area (Å²) in [6.45, 7) is 0.853. The van der Waals surface area contributed by atoms with Crippen molar-refractivity contribution in [3.8, 4) is 0 Å². The third-order valence-electron chi connectivity index (χ3n) is 3.18. The SMILES string of the molecule is CN1[C@@H]2CCC[C@H]1CC(=O)NC2. The van der Waals surface area contributed by atoms with E-state index in [2.05, 4.69) is 17.3 Å². The predicted molar refractivity (Wildman–Crippen MR) is 46.8 cm³/mol. The van der Waals surface area contributed by atoms with Crippen molar-refractivity contribution < 1.29 is 4.79 Å². The zero-order valence-electron chi connectivity index (χ0n) is 7.55. The minimum Gasteiger partial charge on any atom is -0.354 e. The maximum atomic E-state index is 11.2. The standard InChI is InChI=1S/C9H16N2O/c1-11-7-3-2-4-8(11)6-10-9(12)5-7/h7-8H,2-6H2,1H3,(H,10,12)/t7-,8+/m0/s1. The van der Waals surface area contributed by atoms with E-state index in [1.807, 2.05) is 0 Å². The van der Waals surface area contributed by atoms with Crippen LogP contribution in [0.15, 0.2) is 0 Å². The van der Waals surface area contributed by atoms with Gasteiger partial charge in [0.25, 0.3) is 0 Å². The zero-order chi connectivity index (χ0) is 8.55. The Morgan fingerprint density at radius 1 is 1.42 bits per heavy atom. The van der Waals surface area contributed by atoms with Gasteiger partial charge in [-0.05, 0) is 19.9 Å². The quantitative estimate of drug-likeness (QED) is 0.566. The van der Waals surface area contributed by atoms with Gasteiger partial charge in [0.2, 0.25) is 5.91 Å². The minimum atomic E-state index is 0.233. The number of rotatable bonds is 0. The summed E-state index contributed by atoms with van der Waals surface area (Å²) in [5, 5.41) is 2.97. The molecule has 2 saturated heterocycles. The van der Waals surface area contributed by atoms with Gasteiger partial charge in [0, 0.05) is 25.0 Å². The van der Waals surface area contributed by atoms with Gasteiger partial charge in [0.15, 0.2) is 0 Å². The highest BCUT2D eigenvalue weighted by Crippen LogP contribution is 2.24. The minimum absolute atomic E-state index is 0.233. The number of carbonyl (C=O) groups excluding carboxylic acids is 1. The van der Waals surface area contributed by atoms with Crippen LogP contribution < -0.4 is 5.32 Å². The molecule has 2 atom stereocenters. The fourth-order valence-corrected chi connectivity index (χ4v) is 2.30. The molecule has 3 nitrogen and oxygen atoms in total.